The fourth-order valence-electron chi connectivity index (χ4n) is 3.10. The number of amides is 1. The zero-order valence-corrected chi connectivity index (χ0v) is 15.8. The zero-order valence-electron chi connectivity index (χ0n) is 15.8. The van der Waals surface area contributed by atoms with Crippen LogP contribution >= 0.6 is 0 Å². The molecule has 0 saturated heterocycles. The van der Waals surface area contributed by atoms with Crippen molar-refractivity contribution in [2.75, 3.05) is 0 Å². The maximum Gasteiger partial charge on any atom is 0.261 e. The van der Waals surface area contributed by atoms with Crippen LogP contribution < -0.4 is 5.32 Å². The molecule has 1 aromatic rings. The smallest absolute Gasteiger partial charge is 0.261 e. The molecule has 2 rings (SSSR count). The quantitative estimate of drug-likeness (QED) is 0.716. The number of carbonyl (C=O) groups is 1. The van der Waals surface area contributed by atoms with E-state index in [1.807, 2.05) is 25.1 Å². The van der Waals surface area contributed by atoms with Gasteiger partial charge in [-0.2, -0.15) is 5.11 Å². The lowest BCUT2D eigenvalue weighted by Gasteiger charge is -2.27. The van der Waals surface area contributed by atoms with Crippen molar-refractivity contribution in [2.24, 2.45) is 10.2 Å². The van der Waals surface area contributed by atoms with Crippen LogP contribution in [0, 0.1) is 0 Å². The lowest BCUT2D eigenvalue weighted by molar-refractivity contribution is -0.116. The van der Waals surface area contributed by atoms with Gasteiger partial charge >= 0.3 is 0 Å². The van der Waals surface area contributed by atoms with Crippen LogP contribution in [0.15, 0.2) is 82.7 Å². The van der Waals surface area contributed by atoms with Crippen LogP contribution in [-0.2, 0) is 11.2 Å². The summed E-state index contributed by atoms with van der Waals surface area (Å²) in [6.45, 7) is 9.35. The first kappa shape index (κ1) is 19.6. The Morgan fingerprint density at radius 1 is 1.38 bits per heavy atom. The van der Waals surface area contributed by atoms with Crippen molar-refractivity contribution >= 4 is 5.91 Å². The number of benzene rings is 1. The minimum absolute atomic E-state index is 0.103. The predicted molar refractivity (Wildman–Crippen MR) is 107 cm³/mol. The minimum atomic E-state index is -0.278. The van der Waals surface area contributed by atoms with Gasteiger partial charge in [0.05, 0.1) is 6.04 Å². The number of allylic oxidation sites excluding steroid dienone is 4. The second-order valence-electron chi connectivity index (χ2n) is 6.21. The van der Waals surface area contributed by atoms with Gasteiger partial charge in [-0.15, -0.1) is 5.11 Å². The molecule has 4 heteroatoms. The molecule has 0 fully saturated rings. The predicted octanol–water partition coefficient (Wildman–Crippen LogP) is 5.22. The molecule has 1 aliphatic rings. The van der Waals surface area contributed by atoms with Crippen LogP contribution in [0.3, 0.4) is 0 Å². The Kier molecular flexibility index (Phi) is 7.27. The van der Waals surface area contributed by atoms with E-state index in [2.05, 4.69) is 59.4 Å². The Morgan fingerprint density at radius 3 is 2.81 bits per heavy atom. The van der Waals surface area contributed by atoms with Gasteiger partial charge in [0.15, 0.2) is 0 Å². The molecule has 1 unspecified atom stereocenters. The van der Waals surface area contributed by atoms with E-state index in [9.17, 15) is 4.79 Å². The van der Waals surface area contributed by atoms with Crippen LogP contribution in [0.1, 0.15) is 44.4 Å². The van der Waals surface area contributed by atoms with Crippen molar-refractivity contribution in [3.63, 3.8) is 0 Å². The number of hydrogen-bond donors (Lipinski definition) is 1. The molecule has 1 heterocycles. The molecule has 4 nitrogen and oxygen atoms in total. The fourth-order valence-corrected chi connectivity index (χ4v) is 3.10. The van der Waals surface area contributed by atoms with E-state index in [0.29, 0.717) is 0 Å². The summed E-state index contributed by atoms with van der Waals surface area (Å²) in [5, 5.41) is 11.7. The Labute approximate surface area is 156 Å². The summed E-state index contributed by atoms with van der Waals surface area (Å²) < 4.78 is 0. The lowest BCUT2D eigenvalue weighted by Crippen LogP contribution is -2.31. The second-order valence-corrected chi connectivity index (χ2v) is 6.21. The van der Waals surface area contributed by atoms with Crippen molar-refractivity contribution in [1.29, 1.82) is 0 Å². The Hall–Kier alpha value is -2.75. The summed E-state index contributed by atoms with van der Waals surface area (Å²) in [6.07, 6.45) is 11.7. The number of carbonyl (C=O) groups excluding carboxylic acids is 1. The number of nitrogens with one attached hydrogen (secondary N) is 1. The molecule has 0 aliphatic carbocycles. The lowest BCUT2D eigenvalue weighted by atomic mass is 9.92. The summed E-state index contributed by atoms with van der Waals surface area (Å²) >= 11 is 0. The van der Waals surface area contributed by atoms with Gasteiger partial charge in [0.2, 0.25) is 0 Å². The summed E-state index contributed by atoms with van der Waals surface area (Å²) in [5.41, 5.74) is 4.54. The number of hydrogen-bond acceptors (Lipinski definition) is 3. The van der Waals surface area contributed by atoms with Crippen LogP contribution in [0.4, 0.5) is 0 Å². The normalized spacial score (nSPS) is 21.1. The Bertz CT molecular complexity index is 771. The van der Waals surface area contributed by atoms with E-state index in [4.69, 9.17) is 0 Å². The molecule has 1 N–H and O–H groups in total. The van der Waals surface area contributed by atoms with Crippen molar-refractivity contribution in [2.45, 2.75) is 45.7 Å². The summed E-state index contributed by atoms with van der Waals surface area (Å²) in [6, 6.07) is 8.16. The number of nitrogens with zero attached hydrogens (tertiary/aromatic N) is 2. The fraction of sp³-hybridized carbons (Fsp3) is 0.318. The average Bonchev–Trinajstić information content (AvgIpc) is 2.65. The van der Waals surface area contributed by atoms with Crippen LogP contribution in [0.25, 0.3) is 0 Å². The Morgan fingerprint density at radius 2 is 2.15 bits per heavy atom. The van der Waals surface area contributed by atoms with Crippen molar-refractivity contribution in [3.05, 3.63) is 83.6 Å². The third-order valence-electron chi connectivity index (χ3n) is 4.37. The molecule has 0 bridgehead atoms. The van der Waals surface area contributed by atoms with Crippen LogP contribution in [0.5, 0.6) is 0 Å². The molecule has 1 amide bonds. The zero-order chi connectivity index (χ0) is 18.9. The molecule has 0 spiro atoms. The van der Waals surface area contributed by atoms with Gasteiger partial charge in [0.1, 0.15) is 0 Å². The van der Waals surface area contributed by atoms with E-state index >= 15 is 0 Å². The molecular formula is C22H27N3O. The third kappa shape index (κ3) is 5.12. The molecule has 1 aromatic carbocycles. The first-order valence-electron chi connectivity index (χ1n) is 9.02. The van der Waals surface area contributed by atoms with Gasteiger partial charge in [-0.3, -0.25) is 4.79 Å². The SMILES string of the molecule is C=C/C=C1/NC(C[C@@H](N=NC(C)=O)c2ccccc2CC)C=C/C1=C/C. The Balaban J connectivity index is 2.31. The van der Waals surface area contributed by atoms with E-state index in [1.54, 1.807) is 6.08 Å². The molecular weight excluding hydrogens is 322 g/mol. The van der Waals surface area contributed by atoms with E-state index in [1.165, 1.54) is 12.5 Å². The summed E-state index contributed by atoms with van der Waals surface area (Å²) in [7, 11) is 0. The topological polar surface area (TPSA) is 53.8 Å². The standard InChI is InChI=1S/C22H27N3O/c1-5-10-21-18(7-3)13-14-19(23-21)15-22(25-24-16(4)26)20-12-9-8-11-17(20)6-2/h5,7-14,19,22-23H,1,6,15H2,2-4H3/b18-7-,21-10+,25-24?/t19?,22-/m1/s1. The molecule has 0 radical (unpaired) electrons. The highest BCUT2D eigenvalue weighted by atomic mass is 16.1. The van der Waals surface area contributed by atoms with Crippen LogP contribution in [-0.4, -0.2) is 11.9 Å². The van der Waals surface area contributed by atoms with Gasteiger partial charge < -0.3 is 5.32 Å². The first-order chi connectivity index (χ1) is 12.6. The summed E-state index contributed by atoms with van der Waals surface area (Å²) in [4.78, 5) is 11.3. The maximum absolute atomic E-state index is 11.3. The van der Waals surface area contributed by atoms with Gasteiger partial charge in [-0.25, -0.2) is 0 Å². The van der Waals surface area contributed by atoms with Crippen molar-refractivity contribution in [1.82, 2.24) is 5.32 Å². The monoisotopic (exact) mass is 349 g/mol. The first-order valence-corrected chi connectivity index (χ1v) is 9.02. The summed E-state index contributed by atoms with van der Waals surface area (Å²) in [5.74, 6) is -0.278. The second kappa shape index (κ2) is 9.66. The maximum atomic E-state index is 11.3. The molecule has 136 valence electrons. The van der Waals surface area contributed by atoms with Crippen LogP contribution in [0.2, 0.25) is 0 Å². The number of azo groups is 1. The molecule has 0 aromatic heterocycles. The van der Waals surface area contributed by atoms with Gasteiger partial charge in [0.25, 0.3) is 5.91 Å². The van der Waals surface area contributed by atoms with E-state index in [0.717, 1.165) is 29.7 Å². The van der Waals surface area contributed by atoms with E-state index < -0.39 is 0 Å². The third-order valence-corrected chi connectivity index (χ3v) is 4.37. The highest BCUT2D eigenvalue weighted by Crippen LogP contribution is 2.29. The minimum Gasteiger partial charge on any atom is -0.378 e. The molecule has 1 aliphatic heterocycles. The van der Waals surface area contributed by atoms with Gasteiger partial charge in [0, 0.05) is 18.7 Å². The largest absolute Gasteiger partial charge is 0.378 e. The highest BCUT2D eigenvalue weighted by molar-refractivity contribution is 5.73. The number of aryl methyl sites for hydroxylation is 1. The van der Waals surface area contributed by atoms with Gasteiger partial charge in [-0.05, 0) is 42.5 Å². The van der Waals surface area contributed by atoms with Crippen molar-refractivity contribution < 1.29 is 4.79 Å². The average molecular weight is 349 g/mol. The van der Waals surface area contributed by atoms with Crippen molar-refractivity contribution in [3.8, 4) is 0 Å². The number of rotatable bonds is 6. The molecule has 0 saturated carbocycles. The van der Waals surface area contributed by atoms with Gasteiger partial charge in [-0.1, -0.05) is 62.1 Å². The highest BCUT2D eigenvalue weighted by Gasteiger charge is 2.21. The molecule has 26 heavy (non-hydrogen) atoms. The molecule has 2 atom stereocenters. The van der Waals surface area contributed by atoms with E-state index in [-0.39, 0.29) is 18.0 Å².